The molecule has 1 aromatic rings. The molecule has 1 saturated carbocycles. The van der Waals surface area contributed by atoms with E-state index in [1.807, 2.05) is 19.2 Å². The van der Waals surface area contributed by atoms with Gasteiger partial charge >= 0.3 is 0 Å². The third-order valence-corrected chi connectivity index (χ3v) is 6.06. The molecule has 3 atom stereocenters. The van der Waals surface area contributed by atoms with Crippen LogP contribution in [0.25, 0.3) is 0 Å². The van der Waals surface area contributed by atoms with Crippen LogP contribution < -0.4 is 5.32 Å². The van der Waals surface area contributed by atoms with Crippen LogP contribution in [0, 0.1) is 6.92 Å². The van der Waals surface area contributed by atoms with E-state index < -0.39 is 10.8 Å². The van der Waals surface area contributed by atoms with E-state index in [0.717, 1.165) is 6.42 Å². The van der Waals surface area contributed by atoms with E-state index in [1.165, 1.54) is 36.8 Å². The molecule has 2 rings (SSSR count). The Morgan fingerprint density at radius 1 is 1.21 bits per heavy atom. The van der Waals surface area contributed by atoms with Crippen LogP contribution in [-0.4, -0.2) is 22.5 Å². The first-order valence-corrected chi connectivity index (χ1v) is 8.69. The van der Waals surface area contributed by atoms with Gasteiger partial charge < -0.3 is 5.32 Å². The summed E-state index contributed by atoms with van der Waals surface area (Å²) in [6, 6.07) is 8.73. The Hall–Kier alpha value is -0.670. The third-order valence-electron chi connectivity index (χ3n) is 4.22. The van der Waals surface area contributed by atoms with Crippen LogP contribution in [0.1, 0.15) is 43.2 Å². The van der Waals surface area contributed by atoms with Gasteiger partial charge in [-0.05, 0) is 37.9 Å². The summed E-state index contributed by atoms with van der Waals surface area (Å²) < 4.78 is 12.7. The predicted molar refractivity (Wildman–Crippen MR) is 82.7 cm³/mol. The van der Waals surface area contributed by atoms with Gasteiger partial charge in [-0.15, -0.1) is 0 Å². The number of rotatable bonds is 4. The highest BCUT2D eigenvalue weighted by molar-refractivity contribution is 7.84. The molecule has 0 amide bonds. The molecule has 0 heterocycles. The van der Waals surface area contributed by atoms with Crippen LogP contribution in [0.3, 0.4) is 0 Å². The second-order valence-corrected chi connectivity index (χ2v) is 7.18. The largest absolute Gasteiger partial charge is 0.316 e. The van der Waals surface area contributed by atoms with Gasteiger partial charge in [0.25, 0.3) is 0 Å². The minimum absolute atomic E-state index is 0.312. The van der Waals surface area contributed by atoms with Crippen LogP contribution in [0.15, 0.2) is 24.3 Å². The van der Waals surface area contributed by atoms with E-state index in [4.69, 9.17) is 0 Å². The van der Waals surface area contributed by atoms with E-state index >= 15 is 0 Å². The van der Waals surface area contributed by atoms with Crippen molar-refractivity contribution in [2.45, 2.75) is 56.1 Å². The number of hydrogen-bond acceptors (Lipinski definition) is 2. The fraction of sp³-hybridized carbons (Fsp3) is 0.625. The number of benzene rings is 1. The minimum Gasteiger partial charge on any atom is -0.316 e. The highest BCUT2D eigenvalue weighted by Crippen LogP contribution is 2.24. The van der Waals surface area contributed by atoms with Crippen molar-refractivity contribution in [3.8, 4) is 0 Å². The maximum Gasteiger partial charge on any atom is 0.0504 e. The first-order valence-electron chi connectivity index (χ1n) is 7.31. The maximum atomic E-state index is 12.7. The van der Waals surface area contributed by atoms with Crippen LogP contribution >= 0.6 is 0 Å². The highest BCUT2D eigenvalue weighted by Gasteiger charge is 2.27. The van der Waals surface area contributed by atoms with Crippen LogP contribution in [-0.2, 0) is 16.6 Å². The van der Waals surface area contributed by atoms with Crippen molar-refractivity contribution in [2.75, 3.05) is 7.05 Å². The van der Waals surface area contributed by atoms with Crippen LogP contribution in [0.5, 0.6) is 0 Å². The molecule has 2 nitrogen and oxygen atoms in total. The zero-order valence-electron chi connectivity index (χ0n) is 12.0. The monoisotopic (exact) mass is 279 g/mol. The molecule has 3 unspecified atom stereocenters. The standard InChI is InChI=1S/C16H25NOS/c1-13-8-6-7-9-14(13)12-19(18)16-11-5-3-4-10-15(16)17-2/h6-9,15-17H,3-5,10-12H2,1-2H3. The molecule has 0 aliphatic heterocycles. The maximum absolute atomic E-state index is 12.7. The molecule has 0 saturated heterocycles. The molecule has 0 bridgehead atoms. The Bertz CT molecular complexity index is 433. The predicted octanol–water partition coefficient (Wildman–Crippen LogP) is 3.16. The summed E-state index contributed by atoms with van der Waals surface area (Å²) >= 11 is 0. The third kappa shape index (κ3) is 3.90. The van der Waals surface area contributed by atoms with E-state index in [1.54, 1.807) is 0 Å². The zero-order valence-corrected chi connectivity index (χ0v) is 12.8. The van der Waals surface area contributed by atoms with Crippen molar-refractivity contribution in [1.82, 2.24) is 5.32 Å². The quantitative estimate of drug-likeness (QED) is 0.858. The number of aryl methyl sites for hydroxylation is 1. The lowest BCUT2D eigenvalue weighted by Crippen LogP contribution is -2.39. The lowest BCUT2D eigenvalue weighted by Gasteiger charge is -2.24. The molecule has 1 aliphatic carbocycles. The Kier molecular flexibility index (Phi) is 5.59. The summed E-state index contributed by atoms with van der Waals surface area (Å²) in [5, 5.41) is 3.69. The van der Waals surface area contributed by atoms with E-state index in [-0.39, 0.29) is 0 Å². The molecular formula is C16H25NOS. The second kappa shape index (κ2) is 7.20. The molecule has 1 aromatic carbocycles. The highest BCUT2D eigenvalue weighted by atomic mass is 32.2. The number of nitrogens with one attached hydrogen (secondary N) is 1. The molecule has 0 radical (unpaired) electrons. The fourth-order valence-electron chi connectivity index (χ4n) is 2.95. The lowest BCUT2D eigenvalue weighted by atomic mass is 10.1. The van der Waals surface area contributed by atoms with Gasteiger partial charge in [0, 0.05) is 22.6 Å². The Morgan fingerprint density at radius 3 is 2.68 bits per heavy atom. The Morgan fingerprint density at radius 2 is 1.95 bits per heavy atom. The van der Waals surface area contributed by atoms with Crippen molar-refractivity contribution >= 4 is 10.8 Å². The molecule has 3 heteroatoms. The Balaban J connectivity index is 2.07. The molecular weight excluding hydrogens is 254 g/mol. The van der Waals surface area contributed by atoms with Gasteiger partial charge in [-0.3, -0.25) is 4.21 Å². The van der Waals surface area contributed by atoms with Crippen molar-refractivity contribution in [2.24, 2.45) is 0 Å². The van der Waals surface area contributed by atoms with Crippen molar-refractivity contribution < 1.29 is 4.21 Å². The van der Waals surface area contributed by atoms with Gasteiger partial charge in [-0.2, -0.15) is 0 Å². The zero-order chi connectivity index (χ0) is 13.7. The van der Waals surface area contributed by atoms with Crippen LogP contribution in [0.2, 0.25) is 0 Å². The topological polar surface area (TPSA) is 29.1 Å². The first kappa shape index (κ1) is 14.7. The molecule has 1 aliphatic rings. The normalized spacial score (nSPS) is 25.8. The molecule has 0 aromatic heterocycles. The fourth-order valence-corrected chi connectivity index (χ4v) is 4.86. The summed E-state index contributed by atoms with van der Waals surface area (Å²) in [7, 11) is 1.24. The second-order valence-electron chi connectivity index (χ2n) is 5.52. The summed E-state index contributed by atoms with van der Waals surface area (Å²) in [5.41, 5.74) is 2.49. The van der Waals surface area contributed by atoms with Gasteiger partial charge in [-0.1, -0.05) is 43.5 Å². The number of hydrogen-bond donors (Lipinski definition) is 1. The van der Waals surface area contributed by atoms with Gasteiger partial charge in [-0.25, -0.2) is 0 Å². The summed E-state index contributed by atoms with van der Waals surface area (Å²) in [6.07, 6.45) is 6.05. The van der Waals surface area contributed by atoms with E-state index in [0.29, 0.717) is 17.0 Å². The van der Waals surface area contributed by atoms with Crippen molar-refractivity contribution in [1.29, 1.82) is 0 Å². The molecule has 0 spiro atoms. The summed E-state index contributed by atoms with van der Waals surface area (Å²) in [5.74, 6) is 0.704. The lowest BCUT2D eigenvalue weighted by molar-refractivity contribution is 0.499. The van der Waals surface area contributed by atoms with Crippen molar-refractivity contribution in [3.63, 3.8) is 0 Å². The van der Waals surface area contributed by atoms with Crippen molar-refractivity contribution in [3.05, 3.63) is 35.4 Å². The SMILES string of the molecule is CNC1CCCCCC1S(=O)Cc1ccccc1C. The molecule has 19 heavy (non-hydrogen) atoms. The minimum atomic E-state index is -0.771. The van der Waals surface area contributed by atoms with Gasteiger partial charge in [0.05, 0.1) is 5.25 Å². The van der Waals surface area contributed by atoms with E-state index in [9.17, 15) is 4.21 Å². The van der Waals surface area contributed by atoms with E-state index in [2.05, 4.69) is 24.4 Å². The Labute approximate surface area is 119 Å². The molecule has 1 N–H and O–H groups in total. The smallest absolute Gasteiger partial charge is 0.0504 e. The average Bonchev–Trinajstić information content (AvgIpc) is 2.66. The first-order chi connectivity index (χ1) is 9.22. The molecule has 1 fully saturated rings. The summed E-state index contributed by atoms with van der Waals surface area (Å²) in [6.45, 7) is 2.11. The van der Waals surface area contributed by atoms with Gasteiger partial charge in [0.1, 0.15) is 0 Å². The van der Waals surface area contributed by atoms with Gasteiger partial charge in [0.15, 0.2) is 0 Å². The van der Waals surface area contributed by atoms with Crippen LogP contribution in [0.4, 0.5) is 0 Å². The average molecular weight is 279 g/mol. The molecule has 106 valence electrons. The summed E-state index contributed by atoms with van der Waals surface area (Å²) in [4.78, 5) is 0. The van der Waals surface area contributed by atoms with Gasteiger partial charge in [0.2, 0.25) is 0 Å².